The summed E-state index contributed by atoms with van der Waals surface area (Å²) in [6.45, 7) is 4.51. The largest absolute Gasteiger partial charge is 0.493 e. The average Bonchev–Trinajstić information content (AvgIpc) is 3.17. The first-order valence-electron chi connectivity index (χ1n) is 11.3. The van der Waals surface area contributed by atoms with Crippen LogP contribution in [0.4, 0.5) is 4.79 Å². The molecule has 1 atom stereocenters. The lowest BCUT2D eigenvalue weighted by Gasteiger charge is -2.09. The topological polar surface area (TPSA) is 123 Å². The molecule has 4 rings (SSSR count). The molecule has 36 heavy (non-hydrogen) atoms. The number of nitrogens with one attached hydrogen (secondary N) is 1. The fraction of sp³-hybridized carbons (Fsp3) is 0.269. The first kappa shape index (κ1) is 27.4. The number of aromatic nitrogens is 1. The molecule has 0 spiro atoms. The van der Waals surface area contributed by atoms with Crippen molar-refractivity contribution in [3.05, 3.63) is 89.2 Å². The van der Waals surface area contributed by atoms with E-state index in [1.165, 1.54) is 17.7 Å². The Bertz CT molecular complexity index is 1280. The van der Waals surface area contributed by atoms with E-state index in [1.807, 2.05) is 43.5 Å². The van der Waals surface area contributed by atoms with Crippen LogP contribution in [0.5, 0.6) is 5.75 Å². The van der Waals surface area contributed by atoms with Crippen molar-refractivity contribution in [2.24, 2.45) is 0 Å². The van der Waals surface area contributed by atoms with Gasteiger partial charge < -0.3 is 4.74 Å². The van der Waals surface area contributed by atoms with Crippen molar-refractivity contribution >= 4 is 33.0 Å². The minimum atomic E-state index is -4.02. The lowest BCUT2D eigenvalue weighted by Crippen LogP contribution is -2.25. The van der Waals surface area contributed by atoms with Crippen LogP contribution in [0, 0.1) is 6.92 Å². The third kappa shape index (κ3) is 8.47. The summed E-state index contributed by atoms with van der Waals surface area (Å²) < 4.78 is 35.3. The van der Waals surface area contributed by atoms with Crippen LogP contribution in [-0.2, 0) is 34.2 Å². The smallest absolute Gasteiger partial charge is 0.294 e. The van der Waals surface area contributed by atoms with Crippen molar-refractivity contribution in [2.75, 3.05) is 6.61 Å². The molecular weight excluding hydrogens is 500 g/mol. The molecule has 2 amide bonds. The second kappa shape index (κ2) is 12.7. The first-order chi connectivity index (χ1) is 17.1. The molecule has 2 heterocycles. The van der Waals surface area contributed by atoms with Crippen molar-refractivity contribution in [1.82, 2.24) is 10.3 Å². The van der Waals surface area contributed by atoms with Crippen molar-refractivity contribution in [3.8, 4) is 5.75 Å². The van der Waals surface area contributed by atoms with Crippen LogP contribution in [0.15, 0.2) is 71.8 Å². The Balaban J connectivity index is 0.000000275. The number of nitrogens with zero attached hydrogens (tertiary/aromatic N) is 1. The fourth-order valence-corrected chi connectivity index (χ4v) is 4.60. The summed E-state index contributed by atoms with van der Waals surface area (Å²) in [5.41, 5.74) is 4.21. The number of rotatable bonds is 8. The summed E-state index contributed by atoms with van der Waals surface area (Å²) >= 11 is 1.05. The van der Waals surface area contributed by atoms with E-state index in [0.29, 0.717) is 13.0 Å². The Labute approximate surface area is 215 Å². The third-order valence-corrected chi connectivity index (χ3v) is 7.20. The second-order valence-corrected chi connectivity index (χ2v) is 10.7. The van der Waals surface area contributed by atoms with Crippen molar-refractivity contribution in [3.63, 3.8) is 0 Å². The van der Waals surface area contributed by atoms with Crippen LogP contribution in [0.2, 0.25) is 0 Å². The van der Waals surface area contributed by atoms with Crippen LogP contribution in [0.25, 0.3) is 0 Å². The highest BCUT2D eigenvalue weighted by Crippen LogP contribution is 2.24. The number of imide groups is 1. The Morgan fingerprint density at radius 2 is 1.67 bits per heavy atom. The summed E-state index contributed by atoms with van der Waals surface area (Å²) in [7, 11) is -4.02. The maximum atomic E-state index is 11.6. The minimum Gasteiger partial charge on any atom is -0.493 e. The van der Waals surface area contributed by atoms with Gasteiger partial charge in [0.15, 0.2) is 0 Å². The molecule has 1 aliphatic heterocycles. The zero-order valence-corrected chi connectivity index (χ0v) is 21.6. The molecule has 3 aromatic rings. The molecule has 1 saturated heterocycles. The molecule has 8 nitrogen and oxygen atoms in total. The van der Waals surface area contributed by atoms with Crippen molar-refractivity contribution in [1.29, 1.82) is 0 Å². The quantitative estimate of drug-likeness (QED) is 0.413. The number of carbonyl (C=O) groups is 2. The van der Waals surface area contributed by atoms with Crippen LogP contribution < -0.4 is 10.1 Å². The Morgan fingerprint density at radius 1 is 1.00 bits per heavy atom. The second-order valence-electron chi connectivity index (χ2n) is 8.13. The van der Waals surface area contributed by atoms with Gasteiger partial charge in [-0.1, -0.05) is 54.6 Å². The number of pyridine rings is 1. The van der Waals surface area contributed by atoms with Gasteiger partial charge in [-0.2, -0.15) is 8.42 Å². The molecule has 0 radical (unpaired) electrons. The van der Waals surface area contributed by atoms with E-state index in [2.05, 4.69) is 23.3 Å². The summed E-state index contributed by atoms with van der Waals surface area (Å²) in [6.07, 6.45) is 4.19. The fourth-order valence-electron chi connectivity index (χ4n) is 3.26. The van der Waals surface area contributed by atoms with Gasteiger partial charge in [-0.05, 0) is 61.2 Å². The van der Waals surface area contributed by atoms with Crippen LogP contribution >= 0.6 is 11.8 Å². The van der Waals surface area contributed by atoms with E-state index in [4.69, 9.17) is 9.29 Å². The summed E-state index contributed by atoms with van der Waals surface area (Å²) in [5, 5.41) is 1.70. The van der Waals surface area contributed by atoms with Gasteiger partial charge in [-0.25, -0.2) is 0 Å². The summed E-state index contributed by atoms with van der Waals surface area (Å²) in [4.78, 5) is 27.1. The van der Waals surface area contributed by atoms with E-state index in [9.17, 15) is 18.0 Å². The van der Waals surface area contributed by atoms with Crippen LogP contribution in [0.3, 0.4) is 0 Å². The zero-order chi connectivity index (χ0) is 26.1. The molecule has 0 aliphatic carbocycles. The van der Waals surface area contributed by atoms with Gasteiger partial charge in [0.25, 0.3) is 15.4 Å². The number of thioether (sulfide) groups is 1. The first-order valence-corrected chi connectivity index (χ1v) is 13.7. The highest BCUT2D eigenvalue weighted by atomic mass is 32.2. The SMILES string of the molecule is CCc1ccc(CCOc2ccc(CC3SC(=O)NC3=O)cc2)nc1.Cc1ccc(S(=O)(=O)O)cc1. The van der Waals surface area contributed by atoms with E-state index in [-0.39, 0.29) is 21.3 Å². The lowest BCUT2D eigenvalue weighted by molar-refractivity contribution is -0.118. The normalized spacial score (nSPS) is 15.1. The van der Waals surface area contributed by atoms with Crippen molar-refractivity contribution in [2.45, 2.75) is 43.3 Å². The van der Waals surface area contributed by atoms with Gasteiger partial charge >= 0.3 is 0 Å². The van der Waals surface area contributed by atoms with Gasteiger partial charge in [0.05, 0.1) is 16.8 Å². The minimum absolute atomic E-state index is 0.0666. The van der Waals surface area contributed by atoms with E-state index >= 15 is 0 Å². The summed E-state index contributed by atoms with van der Waals surface area (Å²) in [6, 6.07) is 17.8. The number of aryl methyl sites for hydroxylation is 2. The highest BCUT2D eigenvalue weighted by Gasteiger charge is 2.31. The van der Waals surface area contributed by atoms with Gasteiger partial charge in [0.2, 0.25) is 5.91 Å². The molecule has 2 N–H and O–H groups in total. The highest BCUT2D eigenvalue weighted by molar-refractivity contribution is 8.15. The predicted molar refractivity (Wildman–Crippen MR) is 139 cm³/mol. The number of benzene rings is 2. The molecule has 10 heteroatoms. The van der Waals surface area contributed by atoms with Gasteiger partial charge in [0, 0.05) is 18.3 Å². The molecule has 2 aromatic carbocycles. The van der Waals surface area contributed by atoms with Crippen LogP contribution in [-0.4, -0.2) is 41.0 Å². The van der Waals surface area contributed by atoms with Crippen molar-refractivity contribution < 1.29 is 27.3 Å². The van der Waals surface area contributed by atoms with E-state index in [1.54, 1.807) is 12.1 Å². The standard InChI is InChI=1S/C19H20N2O3S.C7H8O3S/c1-2-13-3-6-15(20-12-13)9-10-24-16-7-4-14(5-8-16)11-17-18(22)21-19(23)25-17;1-6-2-4-7(5-3-6)11(8,9)10/h3-8,12,17H,2,9-11H2,1H3,(H,21,22,23);2-5H,1H3,(H,8,9,10). The number of carbonyl (C=O) groups excluding carboxylic acids is 2. The number of ether oxygens (including phenoxy) is 1. The Morgan fingerprint density at radius 3 is 2.19 bits per heavy atom. The van der Waals surface area contributed by atoms with E-state index in [0.717, 1.165) is 47.2 Å². The number of hydrogen-bond acceptors (Lipinski definition) is 7. The molecule has 1 aliphatic rings. The Hall–Kier alpha value is -3.21. The maximum Gasteiger partial charge on any atom is 0.294 e. The summed E-state index contributed by atoms with van der Waals surface area (Å²) in [5.74, 6) is 0.574. The van der Waals surface area contributed by atoms with Gasteiger partial charge in [-0.3, -0.25) is 24.4 Å². The van der Waals surface area contributed by atoms with Crippen LogP contribution in [0.1, 0.15) is 29.3 Å². The number of hydrogen-bond donors (Lipinski definition) is 2. The lowest BCUT2D eigenvalue weighted by atomic mass is 10.1. The molecular formula is C26H28N2O6S2. The molecule has 0 bridgehead atoms. The maximum absolute atomic E-state index is 11.6. The monoisotopic (exact) mass is 528 g/mol. The average molecular weight is 529 g/mol. The molecule has 1 fully saturated rings. The Kier molecular flexibility index (Phi) is 9.63. The molecule has 0 saturated carbocycles. The number of amides is 2. The van der Waals surface area contributed by atoms with Gasteiger partial charge in [0.1, 0.15) is 5.75 Å². The molecule has 190 valence electrons. The third-order valence-electron chi connectivity index (χ3n) is 5.35. The molecule has 1 aromatic heterocycles. The molecule has 1 unspecified atom stereocenters. The van der Waals surface area contributed by atoms with E-state index < -0.39 is 10.1 Å². The van der Waals surface area contributed by atoms with Gasteiger partial charge in [-0.15, -0.1) is 0 Å². The zero-order valence-electron chi connectivity index (χ0n) is 20.0. The predicted octanol–water partition coefficient (Wildman–Crippen LogP) is 4.40.